The van der Waals surface area contributed by atoms with Crippen LogP contribution in [0.3, 0.4) is 0 Å². The molecule has 3 heteroatoms. The third kappa shape index (κ3) is 7.96. The standard InChI is InChI=1S/C35H27P2.C5H5.Fe/c1-5-16-28(17-6-1)36(29-18-7-2-8-19-29)34-26-14-13-24-32(34)33-25-15-27-35(33)37(30-20-9-3-10-21-30)31-22-11-4-12-23-31;1-2-4-5-3-1;/h1-27H;1-5H;/q;;+2. The summed E-state index contributed by atoms with van der Waals surface area (Å²) in [6, 6.07) is 53.0. The average molecular weight is 630 g/mol. The van der Waals surface area contributed by atoms with Gasteiger partial charge in [0.05, 0.1) is 0 Å². The van der Waals surface area contributed by atoms with Crippen LogP contribution in [-0.2, 0) is 17.1 Å². The second kappa shape index (κ2) is 16.5. The van der Waals surface area contributed by atoms with E-state index in [9.17, 15) is 0 Å². The van der Waals surface area contributed by atoms with Crippen LogP contribution in [-0.4, -0.2) is 0 Å². The maximum Gasteiger partial charge on any atom is 2.00 e. The molecule has 0 unspecified atom stereocenters. The van der Waals surface area contributed by atoms with Gasteiger partial charge in [-0.2, -0.15) is 0 Å². The van der Waals surface area contributed by atoms with Gasteiger partial charge in [-0.25, -0.2) is 0 Å². The Balaban J connectivity index is 0.000000559. The Kier molecular flexibility index (Phi) is 12.3. The van der Waals surface area contributed by atoms with Crippen LogP contribution in [0.4, 0.5) is 0 Å². The summed E-state index contributed by atoms with van der Waals surface area (Å²) in [6.45, 7) is 0. The van der Waals surface area contributed by atoms with Gasteiger partial charge in [0.2, 0.25) is 0 Å². The molecule has 2 aliphatic rings. The van der Waals surface area contributed by atoms with Crippen molar-refractivity contribution in [2.45, 2.75) is 0 Å². The SMILES string of the molecule is [CH]1[CH][CH][CH][CH]1.[CH]1[CH][C](c2ccccc2P(c2ccccc2)c2ccccc2)[C](P(c2ccccc2)c2ccccc2)[CH]1.[Fe+2]. The number of hydrogen-bond donors (Lipinski definition) is 0. The second-order valence-corrected chi connectivity index (χ2v) is 14.2. The maximum atomic E-state index is 2.34. The maximum absolute atomic E-state index is 2.34. The van der Waals surface area contributed by atoms with Gasteiger partial charge < -0.3 is 0 Å². The quantitative estimate of drug-likeness (QED) is 0.128. The van der Waals surface area contributed by atoms with Crippen molar-refractivity contribution < 1.29 is 17.1 Å². The molecule has 5 aromatic rings. The molecule has 0 saturated heterocycles. The number of hydrogen-bond acceptors (Lipinski definition) is 0. The zero-order chi connectivity index (χ0) is 28.4. The molecule has 0 atom stereocenters. The molecule has 0 heterocycles. The molecule has 0 aliphatic heterocycles. The summed E-state index contributed by atoms with van der Waals surface area (Å²) in [7, 11) is -1.39. The molecular weight excluding hydrogens is 598 g/mol. The van der Waals surface area contributed by atoms with E-state index >= 15 is 0 Å². The molecule has 0 aromatic heterocycles. The van der Waals surface area contributed by atoms with Crippen molar-refractivity contribution >= 4 is 42.4 Å². The minimum atomic E-state index is -0.704. The minimum absolute atomic E-state index is 0. The first-order valence-electron chi connectivity index (χ1n) is 14.2. The van der Waals surface area contributed by atoms with Crippen LogP contribution in [0, 0.1) is 62.9 Å². The molecule has 0 spiro atoms. The van der Waals surface area contributed by atoms with E-state index < -0.39 is 15.8 Å². The fourth-order valence-corrected chi connectivity index (χ4v) is 10.1. The second-order valence-electron chi connectivity index (χ2n) is 9.82. The van der Waals surface area contributed by atoms with Gasteiger partial charge in [-0.05, 0) is 99.3 Å². The van der Waals surface area contributed by atoms with Crippen LogP contribution in [0.2, 0.25) is 0 Å². The largest absolute Gasteiger partial charge is 2.00 e. The Morgan fingerprint density at radius 1 is 0.326 bits per heavy atom. The molecule has 0 nitrogen and oxygen atoms in total. The van der Waals surface area contributed by atoms with Crippen molar-refractivity contribution in [3.8, 4) is 0 Å². The van der Waals surface area contributed by atoms with Gasteiger partial charge in [-0.15, -0.1) is 0 Å². The summed E-state index contributed by atoms with van der Waals surface area (Å²) >= 11 is 0. The van der Waals surface area contributed by atoms with Gasteiger partial charge in [-0.1, -0.05) is 146 Å². The van der Waals surface area contributed by atoms with Gasteiger partial charge in [0, 0.05) is 11.6 Å². The van der Waals surface area contributed by atoms with E-state index in [1.54, 1.807) is 0 Å². The first-order chi connectivity index (χ1) is 20.9. The van der Waals surface area contributed by atoms with Crippen LogP contribution in [0.1, 0.15) is 5.56 Å². The topological polar surface area (TPSA) is 0 Å². The van der Waals surface area contributed by atoms with Crippen LogP contribution in [0.25, 0.3) is 0 Å². The molecule has 2 fully saturated rings. The van der Waals surface area contributed by atoms with E-state index in [0.717, 1.165) is 0 Å². The van der Waals surface area contributed by atoms with Crippen LogP contribution < -0.4 is 26.5 Å². The molecule has 7 rings (SSSR count). The summed E-state index contributed by atoms with van der Waals surface area (Å²) in [6.07, 6.45) is 16.9. The molecule has 2 aliphatic carbocycles. The molecule has 0 N–H and O–H groups in total. The predicted molar refractivity (Wildman–Crippen MR) is 184 cm³/mol. The van der Waals surface area contributed by atoms with Crippen LogP contribution in [0.5, 0.6) is 0 Å². The van der Waals surface area contributed by atoms with E-state index in [0.29, 0.717) is 0 Å². The summed E-state index contributed by atoms with van der Waals surface area (Å²) < 4.78 is 0. The van der Waals surface area contributed by atoms with Crippen molar-refractivity contribution in [2.24, 2.45) is 0 Å². The molecule has 43 heavy (non-hydrogen) atoms. The van der Waals surface area contributed by atoms with Crippen molar-refractivity contribution in [3.05, 3.63) is 214 Å². The third-order valence-corrected chi connectivity index (χ3v) is 12.1. The Morgan fingerprint density at radius 3 is 1.14 bits per heavy atom. The van der Waals surface area contributed by atoms with E-state index in [4.69, 9.17) is 0 Å². The summed E-state index contributed by atoms with van der Waals surface area (Å²) in [5.41, 5.74) is 2.75. The summed E-state index contributed by atoms with van der Waals surface area (Å²) in [4.78, 5) is 0. The van der Waals surface area contributed by atoms with E-state index in [-0.39, 0.29) is 17.1 Å². The Morgan fingerprint density at radius 2 is 0.698 bits per heavy atom. The Labute approximate surface area is 272 Å². The number of benzene rings is 5. The molecule has 5 aromatic carbocycles. The summed E-state index contributed by atoms with van der Waals surface area (Å²) in [5.74, 6) is 1.34. The molecule has 0 bridgehead atoms. The van der Waals surface area contributed by atoms with E-state index in [2.05, 4.69) is 165 Å². The fraction of sp³-hybridized carbons (Fsp3) is 0. The minimum Gasteiger partial charge on any atom is -0.0622 e. The third-order valence-electron chi connectivity index (χ3n) is 7.08. The number of rotatable bonds is 7. The smallest absolute Gasteiger partial charge is 0.0622 e. The summed E-state index contributed by atoms with van der Waals surface area (Å²) in [5, 5.41) is 6.90. The average Bonchev–Trinajstić information content (AvgIpc) is 3.81. The monoisotopic (exact) mass is 630 g/mol. The predicted octanol–water partition coefficient (Wildman–Crippen LogP) is 7.68. The van der Waals surface area contributed by atoms with Gasteiger partial charge in [0.25, 0.3) is 0 Å². The Bertz CT molecular complexity index is 1400. The first-order valence-corrected chi connectivity index (χ1v) is 16.9. The van der Waals surface area contributed by atoms with Crippen molar-refractivity contribution in [1.82, 2.24) is 0 Å². The first kappa shape index (κ1) is 31.9. The molecule has 208 valence electrons. The van der Waals surface area contributed by atoms with Crippen LogP contribution in [0.15, 0.2) is 146 Å². The zero-order valence-corrected chi connectivity index (χ0v) is 26.6. The molecule has 0 amide bonds. The van der Waals surface area contributed by atoms with Crippen LogP contribution >= 0.6 is 15.8 Å². The van der Waals surface area contributed by atoms with Gasteiger partial charge >= 0.3 is 17.1 Å². The van der Waals surface area contributed by atoms with Gasteiger partial charge in [0.15, 0.2) is 0 Å². The Hall–Kier alpha value is -2.52. The molecule has 2 saturated carbocycles. The van der Waals surface area contributed by atoms with Gasteiger partial charge in [-0.3, -0.25) is 0 Å². The van der Waals surface area contributed by atoms with Crippen molar-refractivity contribution in [2.75, 3.05) is 0 Å². The van der Waals surface area contributed by atoms with E-state index in [1.165, 1.54) is 43.7 Å². The normalized spacial score (nSPS) is 15.2. The van der Waals surface area contributed by atoms with Crippen molar-refractivity contribution in [1.29, 1.82) is 0 Å². The molecular formula is C40H32FeP2+2. The van der Waals surface area contributed by atoms with Gasteiger partial charge in [0.1, 0.15) is 0 Å². The fourth-order valence-electron chi connectivity index (χ4n) is 5.21. The van der Waals surface area contributed by atoms with E-state index in [1.807, 2.05) is 32.1 Å². The van der Waals surface area contributed by atoms with Crippen molar-refractivity contribution in [3.63, 3.8) is 0 Å². The molecule has 10 radical (unpaired) electrons. The zero-order valence-electron chi connectivity index (χ0n) is 23.7.